The highest BCUT2D eigenvalue weighted by molar-refractivity contribution is 6.26. The van der Waals surface area contributed by atoms with Gasteiger partial charge in [0.15, 0.2) is 0 Å². The highest BCUT2D eigenvalue weighted by atomic mass is 35.5. The van der Waals surface area contributed by atoms with Gasteiger partial charge in [-0.1, -0.05) is 0 Å². The van der Waals surface area contributed by atoms with E-state index in [1.807, 2.05) is 0 Å². The summed E-state index contributed by atoms with van der Waals surface area (Å²) in [4.78, 5) is 10.7. The SMILES string of the molecule is O=C(CCl)OC1CCCC(F)C1. The van der Waals surface area contributed by atoms with Gasteiger partial charge in [-0.25, -0.2) is 4.39 Å². The number of carbonyl (C=O) groups is 1. The van der Waals surface area contributed by atoms with E-state index < -0.39 is 12.1 Å². The summed E-state index contributed by atoms with van der Waals surface area (Å²) in [6.07, 6.45) is 1.43. The molecule has 2 nitrogen and oxygen atoms in total. The summed E-state index contributed by atoms with van der Waals surface area (Å²) in [5.41, 5.74) is 0. The smallest absolute Gasteiger partial charge is 0.321 e. The molecule has 0 aliphatic heterocycles. The second-order valence-electron chi connectivity index (χ2n) is 3.01. The van der Waals surface area contributed by atoms with Crippen LogP contribution in [0.3, 0.4) is 0 Å². The maximum absolute atomic E-state index is 12.8. The standard InChI is InChI=1S/C8H12ClFO2/c9-5-8(11)12-7-3-1-2-6(10)4-7/h6-7H,1-5H2. The third-order valence-electron chi connectivity index (χ3n) is 1.97. The zero-order valence-electron chi connectivity index (χ0n) is 6.76. The van der Waals surface area contributed by atoms with Gasteiger partial charge < -0.3 is 4.74 Å². The Hall–Kier alpha value is -0.310. The van der Waals surface area contributed by atoms with Crippen molar-refractivity contribution in [3.63, 3.8) is 0 Å². The van der Waals surface area contributed by atoms with Crippen molar-refractivity contribution in [3.8, 4) is 0 Å². The Morgan fingerprint density at radius 2 is 2.33 bits per heavy atom. The summed E-state index contributed by atoms with van der Waals surface area (Å²) in [5, 5.41) is 0. The Bertz CT molecular complexity index is 163. The van der Waals surface area contributed by atoms with Gasteiger partial charge >= 0.3 is 5.97 Å². The van der Waals surface area contributed by atoms with Crippen LogP contribution in [0, 0.1) is 0 Å². The van der Waals surface area contributed by atoms with Crippen molar-refractivity contribution in [2.45, 2.75) is 38.0 Å². The lowest BCUT2D eigenvalue weighted by molar-refractivity contribution is -0.148. The first-order valence-corrected chi connectivity index (χ1v) is 4.65. The fraction of sp³-hybridized carbons (Fsp3) is 0.875. The molecule has 0 aromatic carbocycles. The quantitative estimate of drug-likeness (QED) is 0.497. The van der Waals surface area contributed by atoms with Crippen molar-refractivity contribution < 1.29 is 13.9 Å². The van der Waals surface area contributed by atoms with Crippen molar-refractivity contribution in [1.82, 2.24) is 0 Å². The fourth-order valence-corrected chi connectivity index (χ4v) is 1.48. The zero-order chi connectivity index (χ0) is 8.97. The average molecular weight is 195 g/mol. The molecule has 0 heterocycles. The molecular weight excluding hydrogens is 183 g/mol. The summed E-state index contributed by atoms with van der Waals surface area (Å²) >= 11 is 5.24. The van der Waals surface area contributed by atoms with Crippen molar-refractivity contribution >= 4 is 17.6 Å². The number of rotatable bonds is 2. The van der Waals surface area contributed by atoms with Crippen molar-refractivity contribution in [2.75, 3.05) is 5.88 Å². The van der Waals surface area contributed by atoms with Crippen LogP contribution in [-0.4, -0.2) is 24.1 Å². The van der Waals surface area contributed by atoms with Gasteiger partial charge in [0.2, 0.25) is 0 Å². The van der Waals surface area contributed by atoms with Crippen LogP contribution in [0.15, 0.2) is 0 Å². The molecule has 12 heavy (non-hydrogen) atoms. The number of carbonyl (C=O) groups excluding carboxylic acids is 1. The Labute approximate surface area is 76.0 Å². The summed E-state index contributed by atoms with van der Waals surface area (Å²) in [7, 11) is 0. The summed E-state index contributed by atoms with van der Waals surface area (Å²) in [5.74, 6) is -0.594. The number of hydrogen-bond donors (Lipinski definition) is 0. The molecule has 1 aliphatic carbocycles. The molecule has 1 aliphatic rings. The van der Waals surface area contributed by atoms with Crippen LogP contribution in [0.2, 0.25) is 0 Å². The van der Waals surface area contributed by atoms with Crippen LogP contribution in [0.4, 0.5) is 4.39 Å². The highest BCUT2D eigenvalue weighted by Crippen LogP contribution is 2.23. The van der Waals surface area contributed by atoms with E-state index in [0.717, 1.165) is 12.8 Å². The highest BCUT2D eigenvalue weighted by Gasteiger charge is 2.23. The maximum atomic E-state index is 12.8. The first kappa shape index (κ1) is 9.78. The molecule has 0 N–H and O–H groups in total. The van der Waals surface area contributed by atoms with Gasteiger partial charge in [0.25, 0.3) is 0 Å². The third kappa shape index (κ3) is 2.97. The second kappa shape index (κ2) is 4.65. The molecule has 0 radical (unpaired) electrons. The topological polar surface area (TPSA) is 26.3 Å². The molecule has 2 atom stereocenters. The lowest BCUT2D eigenvalue weighted by atomic mass is 9.96. The molecule has 0 amide bonds. The van der Waals surface area contributed by atoms with E-state index in [4.69, 9.17) is 16.3 Å². The number of hydrogen-bond acceptors (Lipinski definition) is 2. The molecule has 4 heteroatoms. The maximum Gasteiger partial charge on any atom is 0.321 e. The number of alkyl halides is 2. The van der Waals surface area contributed by atoms with Gasteiger partial charge in [-0.2, -0.15) is 0 Å². The van der Waals surface area contributed by atoms with Crippen LogP contribution in [0.25, 0.3) is 0 Å². The van der Waals surface area contributed by atoms with Gasteiger partial charge in [0.1, 0.15) is 18.2 Å². The number of ether oxygens (including phenoxy) is 1. The number of halogens is 2. The first-order valence-electron chi connectivity index (χ1n) is 4.12. The summed E-state index contributed by atoms with van der Waals surface area (Å²) in [6, 6.07) is 0. The molecule has 2 unspecified atom stereocenters. The van der Waals surface area contributed by atoms with Crippen molar-refractivity contribution in [1.29, 1.82) is 0 Å². The minimum absolute atomic E-state index is 0.145. The van der Waals surface area contributed by atoms with E-state index in [1.54, 1.807) is 0 Å². The molecule has 0 spiro atoms. The molecule has 0 aromatic rings. The molecule has 0 saturated heterocycles. The molecule has 70 valence electrons. The van der Waals surface area contributed by atoms with Crippen LogP contribution < -0.4 is 0 Å². The van der Waals surface area contributed by atoms with Gasteiger partial charge in [0.05, 0.1) is 0 Å². The van der Waals surface area contributed by atoms with Crippen LogP contribution in [0.1, 0.15) is 25.7 Å². The molecule has 1 saturated carbocycles. The summed E-state index contributed by atoms with van der Waals surface area (Å²) < 4.78 is 17.7. The Morgan fingerprint density at radius 1 is 1.58 bits per heavy atom. The van der Waals surface area contributed by atoms with E-state index in [9.17, 15) is 9.18 Å². The van der Waals surface area contributed by atoms with E-state index in [1.165, 1.54) is 0 Å². The van der Waals surface area contributed by atoms with Crippen LogP contribution in [-0.2, 0) is 9.53 Å². The first-order chi connectivity index (χ1) is 5.72. The zero-order valence-corrected chi connectivity index (χ0v) is 7.52. The lowest BCUT2D eigenvalue weighted by Crippen LogP contribution is -2.26. The molecule has 1 rings (SSSR count). The predicted molar refractivity (Wildman–Crippen MR) is 44.0 cm³/mol. The number of esters is 1. The Balaban J connectivity index is 2.27. The van der Waals surface area contributed by atoms with Gasteiger partial charge in [-0.05, 0) is 19.3 Å². The monoisotopic (exact) mass is 194 g/mol. The van der Waals surface area contributed by atoms with E-state index in [2.05, 4.69) is 0 Å². The predicted octanol–water partition coefficient (Wildman–Crippen LogP) is 2.05. The van der Waals surface area contributed by atoms with E-state index in [-0.39, 0.29) is 12.0 Å². The molecule has 1 fully saturated rings. The normalized spacial score (nSPS) is 29.8. The molecule has 0 bridgehead atoms. The lowest BCUT2D eigenvalue weighted by Gasteiger charge is -2.23. The molecule has 0 aromatic heterocycles. The van der Waals surface area contributed by atoms with E-state index >= 15 is 0 Å². The van der Waals surface area contributed by atoms with Gasteiger partial charge in [0, 0.05) is 6.42 Å². The fourth-order valence-electron chi connectivity index (χ4n) is 1.41. The Kier molecular flexibility index (Phi) is 3.79. The minimum atomic E-state index is -0.813. The van der Waals surface area contributed by atoms with Crippen molar-refractivity contribution in [2.24, 2.45) is 0 Å². The van der Waals surface area contributed by atoms with Crippen LogP contribution >= 0.6 is 11.6 Å². The van der Waals surface area contributed by atoms with Crippen LogP contribution in [0.5, 0.6) is 0 Å². The Morgan fingerprint density at radius 3 is 2.92 bits per heavy atom. The van der Waals surface area contributed by atoms with Gasteiger partial charge in [-0.3, -0.25) is 4.79 Å². The molecular formula is C8H12ClFO2. The largest absolute Gasteiger partial charge is 0.461 e. The van der Waals surface area contributed by atoms with Gasteiger partial charge in [-0.15, -0.1) is 11.6 Å². The van der Waals surface area contributed by atoms with Crippen molar-refractivity contribution in [3.05, 3.63) is 0 Å². The third-order valence-corrected chi connectivity index (χ3v) is 2.19. The average Bonchev–Trinajstić information content (AvgIpc) is 2.04. The summed E-state index contributed by atoms with van der Waals surface area (Å²) in [6.45, 7) is 0. The minimum Gasteiger partial charge on any atom is -0.461 e. The van der Waals surface area contributed by atoms with E-state index in [0.29, 0.717) is 12.8 Å². The second-order valence-corrected chi connectivity index (χ2v) is 3.28.